The summed E-state index contributed by atoms with van der Waals surface area (Å²) in [5, 5.41) is 8.94. The number of amides is 1. The van der Waals surface area contributed by atoms with Crippen molar-refractivity contribution >= 4 is 33.2 Å². The lowest BCUT2D eigenvalue weighted by atomic mass is 9.99. The van der Waals surface area contributed by atoms with Gasteiger partial charge in [0.15, 0.2) is 9.90 Å². The van der Waals surface area contributed by atoms with Gasteiger partial charge in [0.25, 0.3) is 10.0 Å². The van der Waals surface area contributed by atoms with E-state index in [1.54, 1.807) is 0 Å². The van der Waals surface area contributed by atoms with E-state index in [-0.39, 0.29) is 17.3 Å². The summed E-state index contributed by atoms with van der Waals surface area (Å²) in [6.07, 6.45) is 1.05. The first-order chi connectivity index (χ1) is 9.34. The molecule has 1 aromatic heterocycles. The van der Waals surface area contributed by atoms with E-state index < -0.39 is 33.5 Å². The third-order valence-corrected chi connectivity index (χ3v) is 6.31. The summed E-state index contributed by atoms with van der Waals surface area (Å²) >= 11 is 0.750. The van der Waals surface area contributed by atoms with E-state index in [4.69, 9.17) is 10.8 Å². The Labute approximate surface area is 119 Å². The molecule has 110 valence electrons. The Balaban J connectivity index is 2.32. The summed E-state index contributed by atoms with van der Waals surface area (Å²) in [5.41, 5.74) is 5.89. The maximum absolute atomic E-state index is 12.4. The van der Waals surface area contributed by atoms with Crippen molar-refractivity contribution in [1.29, 1.82) is 0 Å². The van der Waals surface area contributed by atoms with Gasteiger partial charge in [-0.25, -0.2) is 18.2 Å². The number of sulfonamides is 1. The van der Waals surface area contributed by atoms with Gasteiger partial charge in [0, 0.05) is 13.1 Å². The van der Waals surface area contributed by atoms with Gasteiger partial charge in [-0.05, 0) is 12.8 Å². The maximum Gasteiger partial charge on any atom is 0.356 e. The molecule has 1 atom stereocenters. The minimum atomic E-state index is -3.96. The van der Waals surface area contributed by atoms with E-state index >= 15 is 0 Å². The van der Waals surface area contributed by atoms with Crippen LogP contribution in [0.4, 0.5) is 0 Å². The van der Waals surface area contributed by atoms with Gasteiger partial charge in [-0.1, -0.05) is 0 Å². The van der Waals surface area contributed by atoms with E-state index in [1.165, 1.54) is 5.51 Å². The van der Waals surface area contributed by atoms with Gasteiger partial charge in [-0.2, -0.15) is 4.31 Å². The summed E-state index contributed by atoms with van der Waals surface area (Å²) in [4.78, 5) is 25.7. The number of carbonyl (C=O) groups excluding carboxylic acids is 1. The van der Waals surface area contributed by atoms with Crippen LogP contribution in [0.1, 0.15) is 23.3 Å². The topological polar surface area (TPSA) is 131 Å². The van der Waals surface area contributed by atoms with E-state index in [0.29, 0.717) is 12.8 Å². The van der Waals surface area contributed by atoms with Crippen molar-refractivity contribution in [1.82, 2.24) is 9.29 Å². The summed E-state index contributed by atoms with van der Waals surface area (Å²) in [7, 11) is -3.96. The van der Waals surface area contributed by atoms with Crippen LogP contribution < -0.4 is 5.73 Å². The van der Waals surface area contributed by atoms with Crippen LogP contribution in [0, 0.1) is 5.92 Å². The third-order valence-electron chi connectivity index (χ3n) is 3.10. The van der Waals surface area contributed by atoms with Crippen molar-refractivity contribution < 1.29 is 23.1 Å². The number of piperidine rings is 1. The molecule has 1 aromatic rings. The molecule has 3 N–H and O–H groups in total. The van der Waals surface area contributed by atoms with Crippen LogP contribution in [0.5, 0.6) is 0 Å². The number of nitrogens with zero attached hydrogens (tertiary/aromatic N) is 2. The van der Waals surface area contributed by atoms with Crippen molar-refractivity contribution in [3.8, 4) is 0 Å². The molecule has 1 unspecified atom stereocenters. The lowest BCUT2D eigenvalue weighted by Gasteiger charge is -2.29. The van der Waals surface area contributed by atoms with E-state index in [1.807, 2.05) is 0 Å². The normalized spacial score (nSPS) is 20.7. The molecule has 1 aliphatic heterocycles. The van der Waals surface area contributed by atoms with Crippen molar-refractivity contribution in [3.63, 3.8) is 0 Å². The molecule has 10 heteroatoms. The predicted octanol–water partition coefficient (Wildman–Crippen LogP) is -0.273. The van der Waals surface area contributed by atoms with Gasteiger partial charge in [-0.3, -0.25) is 4.79 Å². The standard InChI is InChI=1S/C10H13N3O5S2/c11-8(14)6-2-1-3-13(4-6)20(17,18)10-7(9(15)16)12-5-19-10/h5-6H,1-4H2,(H2,11,14)(H,15,16). The van der Waals surface area contributed by atoms with Gasteiger partial charge in [-0.15, -0.1) is 11.3 Å². The largest absolute Gasteiger partial charge is 0.476 e. The number of rotatable bonds is 4. The number of aromatic carboxylic acids is 1. The van der Waals surface area contributed by atoms with E-state index in [0.717, 1.165) is 15.6 Å². The minimum absolute atomic E-state index is 0.0192. The quantitative estimate of drug-likeness (QED) is 0.785. The van der Waals surface area contributed by atoms with Gasteiger partial charge in [0.05, 0.1) is 11.4 Å². The summed E-state index contributed by atoms with van der Waals surface area (Å²) in [6, 6.07) is 0. The number of hydrogen-bond acceptors (Lipinski definition) is 6. The zero-order valence-electron chi connectivity index (χ0n) is 10.4. The molecule has 8 nitrogen and oxygen atoms in total. The number of carboxylic acid groups (broad SMARTS) is 1. The Morgan fingerprint density at radius 2 is 2.20 bits per heavy atom. The van der Waals surface area contributed by atoms with Crippen LogP contribution in [0.25, 0.3) is 0 Å². The van der Waals surface area contributed by atoms with E-state index in [9.17, 15) is 18.0 Å². The molecule has 0 aromatic carbocycles. The lowest BCUT2D eigenvalue weighted by molar-refractivity contribution is -0.122. The Bertz CT molecular complexity index is 639. The molecule has 0 saturated carbocycles. The number of carbonyl (C=O) groups is 2. The maximum atomic E-state index is 12.4. The predicted molar refractivity (Wildman–Crippen MR) is 69.8 cm³/mol. The fraction of sp³-hybridized carbons (Fsp3) is 0.500. The van der Waals surface area contributed by atoms with Gasteiger partial charge < -0.3 is 10.8 Å². The number of aromatic nitrogens is 1. The molecular formula is C10H13N3O5S2. The fourth-order valence-corrected chi connectivity index (χ4v) is 4.87. The summed E-state index contributed by atoms with van der Waals surface area (Å²) in [5.74, 6) is -2.49. The first kappa shape index (κ1) is 14.9. The molecule has 2 rings (SSSR count). The molecular weight excluding hydrogens is 306 g/mol. The Kier molecular flexibility index (Phi) is 4.06. The van der Waals surface area contributed by atoms with Crippen molar-refractivity contribution in [3.05, 3.63) is 11.2 Å². The Morgan fingerprint density at radius 1 is 1.50 bits per heavy atom. The van der Waals surface area contributed by atoms with Crippen molar-refractivity contribution in [2.45, 2.75) is 17.1 Å². The zero-order valence-corrected chi connectivity index (χ0v) is 12.0. The lowest BCUT2D eigenvalue weighted by Crippen LogP contribution is -2.44. The highest BCUT2D eigenvalue weighted by atomic mass is 32.2. The Morgan fingerprint density at radius 3 is 2.80 bits per heavy atom. The molecule has 1 amide bonds. The van der Waals surface area contributed by atoms with Crippen LogP contribution in [-0.4, -0.2) is 47.8 Å². The van der Waals surface area contributed by atoms with Gasteiger partial charge in [0.2, 0.25) is 5.91 Å². The van der Waals surface area contributed by atoms with Crippen LogP contribution in [0.2, 0.25) is 0 Å². The van der Waals surface area contributed by atoms with Crippen LogP contribution >= 0.6 is 11.3 Å². The highest BCUT2D eigenvalue weighted by Gasteiger charge is 2.36. The first-order valence-electron chi connectivity index (χ1n) is 5.80. The van der Waals surface area contributed by atoms with Crippen molar-refractivity contribution in [2.24, 2.45) is 11.7 Å². The second-order valence-corrected chi connectivity index (χ2v) is 7.39. The van der Waals surface area contributed by atoms with Crippen LogP contribution in [-0.2, 0) is 14.8 Å². The molecule has 0 radical (unpaired) electrons. The summed E-state index contributed by atoms with van der Waals surface area (Å²) in [6.45, 7) is 0.220. The average Bonchev–Trinajstić information content (AvgIpc) is 2.89. The third kappa shape index (κ3) is 2.67. The number of hydrogen-bond donors (Lipinski definition) is 2. The molecule has 0 spiro atoms. The minimum Gasteiger partial charge on any atom is -0.476 e. The monoisotopic (exact) mass is 319 g/mol. The smallest absolute Gasteiger partial charge is 0.356 e. The number of carboxylic acids is 1. The SMILES string of the molecule is NC(=O)C1CCCN(S(=O)(=O)c2scnc2C(=O)O)C1. The number of thiazole rings is 1. The second kappa shape index (κ2) is 5.46. The highest BCUT2D eigenvalue weighted by Crippen LogP contribution is 2.28. The molecule has 20 heavy (non-hydrogen) atoms. The van der Waals surface area contributed by atoms with Crippen LogP contribution in [0.3, 0.4) is 0 Å². The molecule has 0 aliphatic carbocycles. The average molecular weight is 319 g/mol. The molecule has 1 saturated heterocycles. The fourth-order valence-electron chi connectivity index (χ4n) is 2.07. The van der Waals surface area contributed by atoms with E-state index in [2.05, 4.69) is 4.98 Å². The molecule has 0 bridgehead atoms. The molecule has 1 aliphatic rings. The first-order valence-corrected chi connectivity index (χ1v) is 8.12. The highest BCUT2D eigenvalue weighted by molar-refractivity contribution is 7.91. The zero-order chi connectivity index (χ0) is 14.9. The number of primary amides is 1. The van der Waals surface area contributed by atoms with Gasteiger partial charge >= 0.3 is 5.97 Å². The molecule has 1 fully saturated rings. The summed E-state index contributed by atoms with van der Waals surface area (Å²) < 4.78 is 25.6. The van der Waals surface area contributed by atoms with Crippen molar-refractivity contribution in [2.75, 3.05) is 13.1 Å². The van der Waals surface area contributed by atoms with Gasteiger partial charge in [0.1, 0.15) is 0 Å². The van der Waals surface area contributed by atoms with Crippen LogP contribution in [0.15, 0.2) is 9.72 Å². The Hall–Kier alpha value is -1.52. The molecule has 2 heterocycles. The second-order valence-electron chi connectivity index (χ2n) is 4.40. The number of nitrogens with two attached hydrogens (primary N) is 1.